The van der Waals surface area contributed by atoms with Gasteiger partial charge in [-0.3, -0.25) is 4.79 Å². The van der Waals surface area contributed by atoms with Crippen LogP contribution in [0.25, 0.3) is 0 Å². The maximum absolute atomic E-state index is 11.5. The summed E-state index contributed by atoms with van der Waals surface area (Å²) in [5.41, 5.74) is 6.89. The highest BCUT2D eigenvalue weighted by Crippen LogP contribution is 2.20. The summed E-state index contributed by atoms with van der Waals surface area (Å²) in [6.07, 6.45) is 2.52. The summed E-state index contributed by atoms with van der Waals surface area (Å²) >= 11 is 0. The highest BCUT2D eigenvalue weighted by molar-refractivity contribution is 5.90. The molecule has 6 nitrogen and oxygen atoms in total. The molecule has 1 amide bonds. The maximum atomic E-state index is 11.5. The van der Waals surface area contributed by atoms with Crippen LogP contribution in [0.5, 0.6) is 0 Å². The van der Waals surface area contributed by atoms with Gasteiger partial charge in [-0.25, -0.2) is 4.79 Å². The molecule has 0 aromatic heterocycles. The van der Waals surface area contributed by atoms with Crippen molar-refractivity contribution in [1.29, 1.82) is 0 Å². The molecular formula is C13H17N3O3. The minimum Gasteiger partial charge on any atom is -0.478 e. The Hall–Kier alpha value is -2.24. The molecule has 0 bridgehead atoms. The molecule has 0 radical (unpaired) electrons. The van der Waals surface area contributed by atoms with E-state index in [1.807, 2.05) is 0 Å². The number of carbonyl (C=O) groups excluding carboxylic acids is 1. The number of nitrogens with two attached hydrogens (primary N) is 1. The van der Waals surface area contributed by atoms with Gasteiger partial charge in [0.1, 0.15) is 0 Å². The molecule has 6 heteroatoms. The minimum absolute atomic E-state index is 0.0238. The summed E-state index contributed by atoms with van der Waals surface area (Å²) in [6.45, 7) is 0.467. The molecule has 0 unspecified atom stereocenters. The minimum atomic E-state index is -1.01. The van der Waals surface area contributed by atoms with Crippen molar-refractivity contribution >= 4 is 23.3 Å². The van der Waals surface area contributed by atoms with Crippen LogP contribution in [-0.2, 0) is 4.79 Å². The zero-order valence-corrected chi connectivity index (χ0v) is 10.5. The van der Waals surface area contributed by atoms with Crippen LogP contribution in [0.3, 0.4) is 0 Å². The summed E-state index contributed by atoms with van der Waals surface area (Å²) in [5, 5.41) is 14.7. The molecular weight excluding hydrogens is 246 g/mol. The Balaban J connectivity index is 1.81. The Morgan fingerprint density at radius 1 is 1.37 bits per heavy atom. The van der Waals surface area contributed by atoms with E-state index in [9.17, 15) is 9.59 Å². The first-order valence-electron chi connectivity index (χ1n) is 6.22. The highest BCUT2D eigenvalue weighted by atomic mass is 16.4. The van der Waals surface area contributed by atoms with E-state index in [1.54, 1.807) is 6.07 Å². The number of hydrogen-bond acceptors (Lipinski definition) is 4. The van der Waals surface area contributed by atoms with Crippen LogP contribution in [0, 0.1) is 0 Å². The number of carboxylic acids is 1. The maximum Gasteiger partial charge on any atom is 0.335 e. The van der Waals surface area contributed by atoms with Crippen molar-refractivity contribution in [2.45, 2.75) is 25.3 Å². The number of benzene rings is 1. The third-order valence-electron chi connectivity index (χ3n) is 2.91. The summed E-state index contributed by atoms with van der Waals surface area (Å²) in [6, 6.07) is 4.85. The summed E-state index contributed by atoms with van der Waals surface area (Å²) in [7, 11) is 0. The van der Waals surface area contributed by atoms with Gasteiger partial charge in [-0.2, -0.15) is 0 Å². The Morgan fingerprint density at radius 2 is 2.11 bits per heavy atom. The van der Waals surface area contributed by atoms with Gasteiger partial charge in [0.25, 0.3) is 0 Å². The summed E-state index contributed by atoms with van der Waals surface area (Å²) in [4.78, 5) is 22.2. The molecule has 0 spiro atoms. The Labute approximate surface area is 111 Å². The highest BCUT2D eigenvalue weighted by Gasteiger charge is 2.22. The van der Waals surface area contributed by atoms with Crippen LogP contribution in [-0.4, -0.2) is 29.6 Å². The van der Waals surface area contributed by atoms with E-state index in [0.29, 0.717) is 30.4 Å². The fourth-order valence-electron chi connectivity index (χ4n) is 1.69. The van der Waals surface area contributed by atoms with E-state index in [2.05, 4.69) is 10.6 Å². The monoisotopic (exact) mass is 263 g/mol. The van der Waals surface area contributed by atoms with Gasteiger partial charge < -0.3 is 21.5 Å². The predicted molar refractivity (Wildman–Crippen MR) is 72.1 cm³/mol. The van der Waals surface area contributed by atoms with E-state index < -0.39 is 5.97 Å². The molecule has 0 heterocycles. The molecule has 0 aliphatic heterocycles. The van der Waals surface area contributed by atoms with Crippen molar-refractivity contribution in [3.05, 3.63) is 23.8 Å². The molecule has 1 aromatic carbocycles. The first-order valence-corrected chi connectivity index (χ1v) is 6.22. The van der Waals surface area contributed by atoms with Crippen LogP contribution in [0.4, 0.5) is 11.4 Å². The molecule has 19 heavy (non-hydrogen) atoms. The fourth-order valence-corrected chi connectivity index (χ4v) is 1.69. The van der Waals surface area contributed by atoms with Gasteiger partial charge >= 0.3 is 5.97 Å². The van der Waals surface area contributed by atoms with Crippen LogP contribution in [0.2, 0.25) is 0 Å². The van der Waals surface area contributed by atoms with Gasteiger partial charge in [0, 0.05) is 19.0 Å². The number of anilines is 2. The van der Waals surface area contributed by atoms with Crippen molar-refractivity contribution in [2.75, 3.05) is 17.6 Å². The average molecular weight is 263 g/mol. The molecule has 1 saturated carbocycles. The largest absolute Gasteiger partial charge is 0.478 e. The molecule has 1 fully saturated rings. The van der Waals surface area contributed by atoms with E-state index >= 15 is 0 Å². The topological polar surface area (TPSA) is 104 Å². The van der Waals surface area contributed by atoms with E-state index in [-0.39, 0.29) is 11.5 Å². The van der Waals surface area contributed by atoms with Gasteiger partial charge in [-0.15, -0.1) is 0 Å². The number of nitrogen functional groups attached to an aromatic ring is 1. The summed E-state index contributed by atoms with van der Waals surface area (Å²) < 4.78 is 0. The zero-order valence-electron chi connectivity index (χ0n) is 10.5. The standard InChI is InChI=1S/C13H17N3O3/c14-10-7-8(13(18)19)1-4-11(10)15-6-5-12(17)16-9-2-3-9/h1,4,7,9,15H,2-3,5-6,14H2,(H,16,17)(H,18,19). The van der Waals surface area contributed by atoms with Gasteiger partial charge in [0.2, 0.25) is 5.91 Å². The smallest absolute Gasteiger partial charge is 0.335 e. The van der Waals surface area contributed by atoms with Crippen LogP contribution >= 0.6 is 0 Å². The number of hydrogen-bond donors (Lipinski definition) is 4. The predicted octanol–water partition coefficient (Wildman–Crippen LogP) is 1.05. The molecule has 102 valence electrons. The Bertz CT molecular complexity index is 498. The third kappa shape index (κ3) is 3.87. The van der Waals surface area contributed by atoms with E-state index in [4.69, 9.17) is 10.8 Å². The van der Waals surface area contributed by atoms with Crippen molar-refractivity contribution in [3.8, 4) is 0 Å². The zero-order chi connectivity index (χ0) is 13.8. The van der Waals surface area contributed by atoms with Crippen LogP contribution in [0.1, 0.15) is 29.6 Å². The van der Waals surface area contributed by atoms with Gasteiger partial charge in [0.05, 0.1) is 16.9 Å². The molecule has 1 aromatic rings. The lowest BCUT2D eigenvalue weighted by Crippen LogP contribution is -2.27. The quantitative estimate of drug-likeness (QED) is 0.574. The fraction of sp³-hybridized carbons (Fsp3) is 0.385. The number of carboxylic acid groups (broad SMARTS) is 1. The Morgan fingerprint density at radius 3 is 2.68 bits per heavy atom. The lowest BCUT2D eigenvalue weighted by Gasteiger charge is -2.10. The number of nitrogens with one attached hydrogen (secondary N) is 2. The molecule has 1 aliphatic rings. The van der Waals surface area contributed by atoms with Gasteiger partial charge in [-0.05, 0) is 31.0 Å². The van der Waals surface area contributed by atoms with Crippen molar-refractivity contribution < 1.29 is 14.7 Å². The second-order valence-electron chi connectivity index (χ2n) is 4.63. The lowest BCUT2D eigenvalue weighted by atomic mass is 10.1. The van der Waals surface area contributed by atoms with Crippen LogP contribution < -0.4 is 16.4 Å². The number of carbonyl (C=O) groups is 2. The van der Waals surface area contributed by atoms with Gasteiger partial charge in [0.15, 0.2) is 0 Å². The Kier molecular flexibility index (Phi) is 3.89. The van der Waals surface area contributed by atoms with E-state index in [0.717, 1.165) is 12.8 Å². The SMILES string of the molecule is Nc1cc(C(=O)O)ccc1NCCC(=O)NC1CC1. The normalized spacial score (nSPS) is 13.9. The van der Waals surface area contributed by atoms with E-state index in [1.165, 1.54) is 12.1 Å². The number of rotatable bonds is 6. The lowest BCUT2D eigenvalue weighted by molar-refractivity contribution is -0.120. The first kappa shape index (κ1) is 13.2. The number of amides is 1. The second-order valence-corrected chi connectivity index (χ2v) is 4.63. The average Bonchev–Trinajstić information content (AvgIpc) is 3.14. The summed E-state index contributed by atoms with van der Waals surface area (Å²) in [5.74, 6) is -0.988. The molecule has 0 saturated heterocycles. The van der Waals surface area contributed by atoms with Crippen molar-refractivity contribution in [1.82, 2.24) is 5.32 Å². The third-order valence-corrected chi connectivity index (χ3v) is 2.91. The molecule has 2 rings (SSSR count). The van der Waals surface area contributed by atoms with Crippen molar-refractivity contribution in [3.63, 3.8) is 0 Å². The molecule has 0 atom stereocenters. The van der Waals surface area contributed by atoms with Gasteiger partial charge in [-0.1, -0.05) is 0 Å². The van der Waals surface area contributed by atoms with Crippen LogP contribution in [0.15, 0.2) is 18.2 Å². The van der Waals surface area contributed by atoms with Crippen molar-refractivity contribution in [2.24, 2.45) is 0 Å². The first-order chi connectivity index (χ1) is 9.06. The second kappa shape index (κ2) is 5.60. The molecule has 5 N–H and O–H groups in total. The molecule has 1 aliphatic carbocycles. The number of aromatic carboxylic acids is 1.